The SMILES string of the molecule is CCc1cccc(C)c1NCC(C)N. The van der Waals surface area contributed by atoms with Crippen molar-refractivity contribution in [1.29, 1.82) is 0 Å². The van der Waals surface area contributed by atoms with Gasteiger partial charge in [-0.05, 0) is 31.4 Å². The maximum absolute atomic E-state index is 5.72. The fourth-order valence-corrected chi connectivity index (χ4v) is 1.54. The molecule has 2 heteroatoms. The second kappa shape index (κ2) is 5.01. The number of para-hydroxylation sites is 1. The van der Waals surface area contributed by atoms with E-state index in [4.69, 9.17) is 5.73 Å². The molecule has 0 heterocycles. The first-order chi connectivity index (χ1) is 6.65. The highest BCUT2D eigenvalue weighted by Crippen LogP contribution is 2.20. The summed E-state index contributed by atoms with van der Waals surface area (Å²) in [6.45, 7) is 7.14. The van der Waals surface area contributed by atoms with E-state index in [0.29, 0.717) is 0 Å². The molecule has 0 bridgehead atoms. The lowest BCUT2D eigenvalue weighted by atomic mass is 10.1. The van der Waals surface area contributed by atoms with Crippen LogP contribution in [0.25, 0.3) is 0 Å². The van der Waals surface area contributed by atoms with Gasteiger partial charge in [-0.1, -0.05) is 25.1 Å². The van der Waals surface area contributed by atoms with Crippen molar-refractivity contribution in [2.75, 3.05) is 11.9 Å². The van der Waals surface area contributed by atoms with E-state index < -0.39 is 0 Å². The van der Waals surface area contributed by atoms with Gasteiger partial charge < -0.3 is 11.1 Å². The second-order valence-electron chi connectivity index (χ2n) is 3.82. The van der Waals surface area contributed by atoms with Crippen LogP contribution in [0, 0.1) is 6.92 Å². The van der Waals surface area contributed by atoms with E-state index in [1.807, 2.05) is 6.92 Å². The van der Waals surface area contributed by atoms with Crippen LogP contribution in [0.4, 0.5) is 5.69 Å². The maximum Gasteiger partial charge on any atom is 0.0402 e. The van der Waals surface area contributed by atoms with E-state index in [-0.39, 0.29) is 6.04 Å². The van der Waals surface area contributed by atoms with Crippen LogP contribution in [-0.2, 0) is 6.42 Å². The average Bonchev–Trinajstić information content (AvgIpc) is 2.15. The third-order valence-corrected chi connectivity index (χ3v) is 2.34. The van der Waals surface area contributed by atoms with Gasteiger partial charge in [0.05, 0.1) is 0 Å². The first-order valence-electron chi connectivity index (χ1n) is 5.23. The minimum absolute atomic E-state index is 0.194. The normalized spacial score (nSPS) is 12.6. The van der Waals surface area contributed by atoms with Crippen LogP contribution in [0.1, 0.15) is 25.0 Å². The van der Waals surface area contributed by atoms with Gasteiger partial charge in [0.2, 0.25) is 0 Å². The zero-order chi connectivity index (χ0) is 10.6. The molecule has 0 aliphatic rings. The molecule has 0 radical (unpaired) electrons. The van der Waals surface area contributed by atoms with Crippen LogP contribution >= 0.6 is 0 Å². The van der Waals surface area contributed by atoms with Crippen LogP contribution in [0.5, 0.6) is 0 Å². The summed E-state index contributed by atoms with van der Waals surface area (Å²) in [5, 5.41) is 3.41. The highest BCUT2D eigenvalue weighted by Gasteiger charge is 2.03. The Hall–Kier alpha value is -1.02. The van der Waals surface area contributed by atoms with Crippen LogP contribution in [-0.4, -0.2) is 12.6 Å². The van der Waals surface area contributed by atoms with Crippen molar-refractivity contribution in [1.82, 2.24) is 0 Å². The Labute approximate surface area is 86.5 Å². The van der Waals surface area contributed by atoms with Crippen molar-refractivity contribution in [3.63, 3.8) is 0 Å². The first kappa shape index (κ1) is 11.1. The molecule has 0 spiro atoms. The predicted molar refractivity (Wildman–Crippen MR) is 62.7 cm³/mol. The van der Waals surface area contributed by atoms with Crippen LogP contribution in [0.15, 0.2) is 18.2 Å². The van der Waals surface area contributed by atoms with Gasteiger partial charge in [-0.15, -0.1) is 0 Å². The third kappa shape index (κ3) is 2.74. The van der Waals surface area contributed by atoms with Gasteiger partial charge in [0, 0.05) is 18.3 Å². The standard InChI is InChI=1S/C12H20N2/c1-4-11-7-5-6-9(2)12(11)14-8-10(3)13/h5-7,10,14H,4,8,13H2,1-3H3. The number of benzene rings is 1. The molecule has 0 aromatic heterocycles. The van der Waals surface area contributed by atoms with Gasteiger partial charge in [0.15, 0.2) is 0 Å². The summed E-state index contributed by atoms with van der Waals surface area (Å²) >= 11 is 0. The molecular weight excluding hydrogens is 172 g/mol. The summed E-state index contributed by atoms with van der Waals surface area (Å²) in [5.41, 5.74) is 9.64. The van der Waals surface area contributed by atoms with Gasteiger partial charge in [-0.25, -0.2) is 0 Å². The number of nitrogens with one attached hydrogen (secondary N) is 1. The molecule has 0 fully saturated rings. The molecule has 0 saturated carbocycles. The Bertz CT molecular complexity index is 292. The number of hydrogen-bond acceptors (Lipinski definition) is 2. The monoisotopic (exact) mass is 192 g/mol. The van der Waals surface area contributed by atoms with Crippen molar-refractivity contribution < 1.29 is 0 Å². The summed E-state index contributed by atoms with van der Waals surface area (Å²) in [6, 6.07) is 6.59. The van der Waals surface area contributed by atoms with Crippen molar-refractivity contribution in [3.8, 4) is 0 Å². The molecule has 78 valence electrons. The topological polar surface area (TPSA) is 38.0 Å². The number of rotatable bonds is 4. The zero-order valence-corrected chi connectivity index (χ0v) is 9.30. The number of aryl methyl sites for hydroxylation is 2. The average molecular weight is 192 g/mol. The summed E-state index contributed by atoms with van der Waals surface area (Å²) < 4.78 is 0. The molecule has 2 nitrogen and oxygen atoms in total. The Morgan fingerprint density at radius 2 is 2.14 bits per heavy atom. The fraction of sp³-hybridized carbons (Fsp3) is 0.500. The predicted octanol–water partition coefficient (Wildman–Crippen LogP) is 2.32. The third-order valence-electron chi connectivity index (χ3n) is 2.34. The minimum atomic E-state index is 0.194. The molecule has 1 aromatic carbocycles. The lowest BCUT2D eigenvalue weighted by molar-refractivity contribution is 0.778. The fourth-order valence-electron chi connectivity index (χ4n) is 1.54. The van der Waals surface area contributed by atoms with E-state index in [2.05, 4.69) is 37.4 Å². The summed E-state index contributed by atoms with van der Waals surface area (Å²) in [7, 11) is 0. The van der Waals surface area contributed by atoms with Crippen LogP contribution in [0.3, 0.4) is 0 Å². The van der Waals surface area contributed by atoms with Gasteiger partial charge >= 0.3 is 0 Å². The van der Waals surface area contributed by atoms with E-state index in [9.17, 15) is 0 Å². The van der Waals surface area contributed by atoms with Crippen LogP contribution < -0.4 is 11.1 Å². The van der Waals surface area contributed by atoms with Crippen molar-refractivity contribution >= 4 is 5.69 Å². The van der Waals surface area contributed by atoms with Gasteiger partial charge in [0.1, 0.15) is 0 Å². The van der Waals surface area contributed by atoms with E-state index >= 15 is 0 Å². The molecule has 0 amide bonds. The Kier molecular flexibility index (Phi) is 3.96. The summed E-state index contributed by atoms with van der Waals surface area (Å²) in [6.07, 6.45) is 1.06. The van der Waals surface area contributed by atoms with Gasteiger partial charge in [-0.2, -0.15) is 0 Å². The van der Waals surface area contributed by atoms with E-state index in [1.165, 1.54) is 16.8 Å². The van der Waals surface area contributed by atoms with Crippen molar-refractivity contribution in [3.05, 3.63) is 29.3 Å². The Balaban J connectivity index is 2.82. The van der Waals surface area contributed by atoms with E-state index in [0.717, 1.165) is 13.0 Å². The van der Waals surface area contributed by atoms with Crippen LogP contribution in [0.2, 0.25) is 0 Å². The lowest BCUT2D eigenvalue weighted by Gasteiger charge is -2.15. The van der Waals surface area contributed by atoms with E-state index in [1.54, 1.807) is 0 Å². The minimum Gasteiger partial charge on any atom is -0.383 e. The maximum atomic E-state index is 5.72. The Morgan fingerprint density at radius 3 is 2.71 bits per heavy atom. The Morgan fingerprint density at radius 1 is 1.43 bits per heavy atom. The van der Waals surface area contributed by atoms with Crippen molar-refractivity contribution in [2.24, 2.45) is 5.73 Å². The molecule has 0 aliphatic heterocycles. The number of hydrogen-bond donors (Lipinski definition) is 2. The summed E-state index contributed by atoms with van der Waals surface area (Å²) in [5.74, 6) is 0. The molecule has 0 saturated heterocycles. The second-order valence-corrected chi connectivity index (χ2v) is 3.82. The molecule has 1 unspecified atom stereocenters. The molecule has 0 aliphatic carbocycles. The zero-order valence-electron chi connectivity index (χ0n) is 9.30. The quantitative estimate of drug-likeness (QED) is 0.768. The molecule has 1 aromatic rings. The molecule has 14 heavy (non-hydrogen) atoms. The van der Waals surface area contributed by atoms with Gasteiger partial charge in [-0.3, -0.25) is 0 Å². The highest BCUT2D eigenvalue weighted by atomic mass is 14.9. The highest BCUT2D eigenvalue weighted by molar-refractivity contribution is 5.57. The molecule has 3 N–H and O–H groups in total. The molecule has 1 atom stereocenters. The lowest BCUT2D eigenvalue weighted by Crippen LogP contribution is -2.25. The van der Waals surface area contributed by atoms with Gasteiger partial charge in [0.25, 0.3) is 0 Å². The smallest absolute Gasteiger partial charge is 0.0402 e. The largest absolute Gasteiger partial charge is 0.383 e. The molecular formula is C12H20N2. The number of anilines is 1. The molecule has 1 rings (SSSR count). The first-order valence-corrected chi connectivity index (χ1v) is 5.23. The summed E-state index contributed by atoms with van der Waals surface area (Å²) in [4.78, 5) is 0. The number of nitrogens with two attached hydrogens (primary N) is 1. The van der Waals surface area contributed by atoms with Crippen molar-refractivity contribution in [2.45, 2.75) is 33.2 Å².